The molecule has 1 nitrogen and oxygen atoms in total. The van der Waals surface area contributed by atoms with E-state index in [2.05, 4.69) is 121 Å². The Kier molecular flexibility index (Phi) is 6.52. The largest absolute Gasteiger partial charge is 0.507 e. The van der Waals surface area contributed by atoms with E-state index in [0.29, 0.717) is 5.75 Å². The second-order valence-corrected chi connectivity index (χ2v) is 15.4. The fourth-order valence-electron chi connectivity index (χ4n) is 4.44. The lowest BCUT2D eigenvalue weighted by molar-refractivity contribution is 0.422. The van der Waals surface area contributed by atoms with Crippen molar-refractivity contribution in [2.75, 3.05) is 0 Å². The van der Waals surface area contributed by atoms with Crippen molar-refractivity contribution in [3.63, 3.8) is 0 Å². The van der Waals surface area contributed by atoms with E-state index < -0.39 is 8.07 Å². The monoisotopic (exact) mass is 430 g/mol. The molecule has 0 aliphatic carbocycles. The molecule has 0 bridgehead atoms. The van der Waals surface area contributed by atoms with Crippen LogP contribution in [0.3, 0.4) is 0 Å². The third-order valence-corrected chi connectivity index (χ3v) is 11.0. The molecule has 3 rings (SSSR count). The summed E-state index contributed by atoms with van der Waals surface area (Å²) in [6.45, 7) is 15.6. The van der Waals surface area contributed by atoms with Crippen LogP contribution in [0.4, 0.5) is 0 Å². The number of aryl methyl sites for hydroxylation is 1. The van der Waals surface area contributed by atoms with E-state index in [4.69, 9.17) is 0 Å². The molecule has 0 aliphatic rings. The Bertz CT molecular complexity index is 934. The zero-order chi connectivity index (χ0) is 22.9. The molecule has 31 heavy (non-hydrogen) atoms. The first-order valence-corrected chi connectivity index (χ1v) is 14.1. The van der Waals surface area contributed by atoms with E-state index >= 15 is 0 Å². The molecule has 164 valence electrons. The van der Waals surface area contributed by atoms with Gasteiger partial charge >= 0.3 is 0 Å². The van der Waals surface area contributed by atoms with E-state index in [9.17, 15) is 5.11 Å². The quantitative estimate of drug-likeness (QED) is 0.463. The number of phenolic OH excluding ortho intramolecular Hbond substituents is 1. The molecule has 0 heterocycles. The minimum atomic E-state index is -1.89. The van der Waals surface area contributed by atoms with Crippen molar-refractivity contribution in [1.82, 2.24) is 0 Å². The molecule has 0 unspecified atom stereocenters. The second-order valence-electron chi connectivity index (χ2n) is 11.1. The highest BCUT2D eigenvalue weighted by Gasteiger charge is 2.32. The third kappa shape index (κ3) is 5.12. The van der Waals surface area contributed by atoms with Gasteiger partial charge in [0.05, 0.1) is 0 Å². The first-order valence-electron chi connectivity index (χ1n) is 11.4. The van der Waals surface area contributed by atoms with Crippen LogP contribution in [-0.2, 0) is 17.3 Å². The van der Waals surface area contributed by atoms with E-state index in [1.165, 1.54) is 15.9 Å². The Morgan fingerprint density at radius 1 is 0.677 bits per heavy atom. The summed E-state index contributed by atoms with van der Waals surface area (Å²) >= 11 is 0. The fourth-order valence-corrected chi connectivity index (χ4v) is 8.00. The van der Waals surface area contributed by atoms with Gasteiger partial charge in [0.15, 0.2) is 0 Å². The van der Waals surface area contributed by atoms with Gasteiger partial charge in [-0.2, -0.15) is 0 Å². The Morgan fingerprint density at radius 3 is 1.42 bits per heavy atom. The Hall–Kier alpha value is -2.32. The highest BCUT2D eigenvalue weighted by atomic mass is 28.3. The van der Waals surface area contributed by atoms with E-state index in [0.717, 1.165) is 23.6 Å². The number of hydrogen-bond acceptors (Lipinski definition) is 1. The average molecular weight is 431 g/mol. The maximum Gasteiger partial charge on any atom is 0.123 e. The fraction of sp³-hybridized carbons (Fsp3) is 0.379. The first kappa shape index (κ1) is 23.3. The van der Waals surface area contributed by atoms with Gasteiger partial charge in [-0.25, -0.2) is 0 Å². The van der Waals surface area contributed by atoms with Crippen LogP contribution in [0.2, 0.25) is 12.6 Å². The molecule has 0 saturated heterocycles. The van der Waals surface area contributed by atoms with Crippen LogP contribution in [0.1, 0.15) is 58.2 Å². The van der Waals surface area contributed by atoms with Crippen LogP contribution in [0.15, 0.2) is 72.8 Å². The highest BCUT2D eigenvalue weighted by Crippen LogP contribution is 2.40. The van der Waals surface area contributed by atoms with Gasteiger partial charge in [-0.3, -0.25) is 0 Å². The Labute approximate surface area is 190 Å². The van der Waals surface area contributed by atoms with Gasteiger partial charge in [-0.15, -0.1) is 0 Å². The minimum absolute atomic E-state index is 0.0975. The lowest BCUT2D eigenvalue weighted by atomic mass is 9.78. The summed E-state index contributed by atoms with van der Waals surface area (Å²) in [5.41, 5.74) is 3.24. The summed E-state index contributed by atoms with van der Waals surface area (Å²) in [5.74, 6) is 0.467. The van der Waals surface area contributed by atoms with Gasteiger partial charge in [0.25, 0.3) is 0 Å². The zero-order valence-corrected chi connectivity index (χ0v) is 21.3. The Morgan fingerprint density at radius 2 is 1.06 bits per heavy atom. The molecular weight excluding hydrogens is 392 g/mol. The molecule has 0 fully saturated rings. The van der Waals surface area contributed by atoms with Crippen molar-refractivity contribution >= 4 is 18.4 Å². The molecule has 1 N–H and O–H groups in total. The van der Waals surface area contributed by atoms with Crippen LogP contribution >= 0.6 is 0 Å². The third-order valence-electron chi connectivity index (χ3n) is 6.52. The number of benzene rings is 3. The second kappa shape index (κ2) is 8.67. The van der Waals surface area contributed by atoms with E-state index in [1.54, 1.807) is 0 Å². The van der Waals surface area contributed by atoms with Gasteiger partial charge < -0.3 is 5.11 Å². The van der Waals surface area contributed by atoms with Crippen molar-refractivity contribution in [3.8, 4) is 5.75 Å². The van der Waals surface area contributed by atoms with Gasteiger partial charge in [-0.1, -0.05) is 131 Å². The molecule has 0 atom stereocenters. The van der Waals surface area contributed by atoms with Crippen molar-refractivity contribution in [1.29, 1.82) is 0 Å². The number of hydrogen-bond donors (Lipinski definition) is 1. The predicted molar refractivity (Wildman–Crippen MR) is 138 cm³/mol. The highest BCUT2D eigenvalue weighted by molar-refractivity contribution is 7.01. The number of rotatable bonds is 5. The normalized spacial score (nSPS) is 12.7. The summed E-state index contributed by atoms with van der Waals surface area (Å²) in [7, 11) is -1.89. The summed E-state index contributed by atoms with van der Waals surface area (Å²) in [6, 6.07) is 27.7. The van der Waals surface area contributed by atoms with E-state index in [-0.39, 0.29) is 10.8 Å². The lowest BCUT2D eigenvalue weighted by Crippen LogP contribution is -2.55. The van der Waals surface area contributed by atoms with Crippen molar-refractivity contribution < 1.29 is 5.11 Å². The van der Waals surface area contributed by atoms with Crippen LogP contribution < -0.4 is 10.4 Å². The van der Waals surface area contributed by atoms with Crippen LogP contribution in [0, 0.1) is 0 Å². The summed E-state index contributed by atoms with van der Waals surface area (Å²) < 4.78 is 0. The lowest BCUT2D eigenvalue weighted by Gasteiger charge is -2.31. The van der Waals surface area contributed by atoms with Gasteiger partial charge in [-0.05, 0) is 40.0 Å². The van der Waals surface area contributed by atoms with Crippen LogP contribution in [0.25, 0.3) is 0 Å². The van der Waals surface area contributed by atoms with Crippen LogP contribution in [0.5, 0.6) is 5.75 Å². The molecule has 0 spiro atoms. The predicted octanol–water partition coefficient (Wildman–Crippen LogP) is 6.42. The average Bonchev–Trinajstić information content (AvgIpc) is 2.72. The first-order chi connectivity index (χ1) is 14.4. The van der Waals surface area contributed by atoms with Crippen molar-refractivity contribution in [3.05, 3.63) is 89.5 Å². The molecule has 0 aliphatic heterocycles. The Balaban J connectivity index is 2.05. The standard InChI is InChI=1S/C29H38OSi/c1-28(2,3)25-20-22(21-26(27(25)30)29(4,5)6)18-19-31(7,23-14-10-8-11-15-23)24-16-12-9-13-17-24/h8-17,20-21,30H,18-19H2,1-7H3. The molecule has 0 amide bonds. The SMILES string of the molecule is CC(C)(C)c1cc(CC[Si](C)(c2ccccc2)c2ccccc2)cc(C(C)(C)C)c1O. The van der Waals surface area contributed by atoms with Gasteiger partial charge in [0.1, 0.15) is 13.8 Å². The maximum atomic E-state index is 11.1. The van der Waals surface area contributed by atoms with Crippen molar-refractivity contribution in [2.45, 2.75) is 71.4 Å². The van der Waals surface area contributed by atoms with Gasteiger partial charge in [0, 0.05) is 0 Å². The summed E-state index contributed by atoms with van der Waals surface area (Å²) in [6.07, 6.45) is 1.01. The summed E-state index contributed by atoms with van der Waals surface area (Å²) in [4.78, 5) is 0. The molecule has 2 heteroatoms. The minimum Gasteiger partial charge on any atom is -0.507 e. The molecule has 0 aromatic heterocycles. The number of aromatic hydroxyl groups is 1. The van der Waals surface area contributed by atoms with E-state index in [1.807, 2.05) is 0 Å². The van der Waals surface area contributed by atoms with Gasteiger partial charge in [0.2, 0.25) is 0 Å². The molecule has 0 saturated carbocycles. The summed E-state index contributed by atoms with van der Waals surface area (Å²) in [5, 5.41) is 14.0. The van der Waals surface area contributed by atoms with Crippen molar-refractivity contribution in [2.24, 2.45) is 0 Å². The smallest absolute Gasteiger partial charge is 0.123 e. The molecular formula is C29H38OSi. The molecule has 3 aromatic carbocycles. The maximum absolute atomic E-state index is 11.1. The molecule has 3 aromatic rings. The zero-order valence-electron chi connectivity index (χ0n) is 20.3. The van der Waals surface area contributed by atoms with Crippen LogP contribution in [-0.4, -0.2) is 13.2 Å². The molecule has 0 radical (unpaired) electrons. The topological polar surface area (TPSA) is 20.2 Å². The number of phenols is 1.